The molecule has 1 aliphatic carbocycles. The van der Waals surface area contributed by atoms with Crippen LogP contribution in [0, 0.1) is 5.92 Å². The third-order valence-electron chi connectivity index (χ3n) is 6.63. The number of imidazole rings is 1. The van der Waals surface area contributed by atoms with Crippen molar-refractivity contribution in [2.75, 3.05) is 18.4 Å². The highest BCUT2D eigenvalue weighted by atomic mass is 35.5. The van der Waals surface area contributed by atoms with E-state index < -0.39 is 11.7 Å². The van der Waals surface area contributed by atoms with Gasteiger partial charge in [-0.05, 0) is 50.0 Å². The molecule has 1 saturated carbocycles. The van der Waals surface area contributed by atoms with Crippen LogP contribution in [0.1, 0.15) is 56.0 Å². The van der Waals surface area contributed by atoms with Crippen LogP contribution in [0.25, 0.3) is 11.2 Å². The number of fused-ring (bicyclic) bond motifs is 1. The molecule has 0 atom stereocenters. The number of halogens is 4. The van der Waals surface area contributed by atoms with Gasteiger partial charge in [-0.15, -0.1) is 0 Å². The molecule has 2 fully saturated rings. The lowest BCUT2D eigenvalue weighted by atomic mass is 10.0. The van der Waals surface area contributed by atoms with Crippen molar-refractivity contribution in [3.63, 3.8) is 0 Å². The molecule has 176 valence electrons. The Labute approximate surface area is 195 Å². The number of anilines is 2. The van der Waals surface area contributed by atoms with Gasteiger partial charge in [-0.3, -0.25) is 4.57 Å². The van der Waals surface area contributed by atoms with Gasteiger partial charge in [0.2, 0.25) is 5.95 Å². The zero-order chi connectivity index (χ0) is 23.0. The minimum absolute atomic E-state index is 0.179. The Bertz CT molecular complexity index is 1130. The molecule has 0 radical (unpaired) electrons. The van der Waals surface area contributed by atoms with Gasteiger partial charge in [0, 0.05) is 18.2 Å². The van der Waals surface area contributed by atoms with E-state index in [1.807, 2.05) is 0 Å². The zero-order valence-electron chi connectivity index (χ0n) is 18.1. The van der Waals surface area contributed by atoms with Crippen molar-refractivity contribution in [3.05, 3.63) is 40.8 Å². The third kappa shape index (κ3) is 4.80. The van der Waals surface area contributed by atoms with Crippen molar-refractivity contribution in [2.45, 2.75) is 57.2 Å². The molecule has 5 rings (SSSR count). The van der Waals surface area contributed by atoms with Crippen LogP contribution in [-0.2, 0) is 12.6 Å². The van der Waals surface area contributed by atoms with Gasteiger partial charge >= 0.3 is 6.18 Å². The molecule has 0 bridgehead atoms. The highest BCUT2D eigenvalue weighted by molar-refractivity contribution is 6.31. The van der Waals surface area contributed by atoms with E-state index in [9.17, 15) is 13.2 Å². The van der Waals surface area contributed by atoms with Gasteiger partial charge in [-0.25, -0.2) is 15.0 Å². The molecule has 0 unspecified atom stereocenters. The first kappa shape index (κ1) is 22.4. The fourth-order valence-electron chi connectivity index (χ4n) is 4.95. The van der Waals surface area contributed by atoms with Crippen LogP contribution in [0.5, 0.6) is 0 Å². The van der Waals surface area contributed by atoms with Gasteiger partial charge in [-0.2, -0.15) is 13.2 Å². The number of piperidine rings is 1. The van der Waals surface area contributed by atoms with Crippen molar-refractivity contribution in [3.8, 4) is 0 Å². The van der Waals surface area contributed by atoms with E-state index >= 15 is 0 Å². The fourth-order valence-corrected chi connectivity index (χ4v) is 5.24. The average molecular weight is 479 g/mol. The number of hydrogen-bond acceptors (Lipinski definition) is 5. The fraction of sp³-hybridized carbons (Fsp3) is 0.522. The molecule has 2 aliphatic rings. The van der Waals surface area contributed by atoms with Crippen LogP contribution in [0.2, 0.25) is 5.02 Å². The monoisotopic (exact) mass is 478 g/mol. The molecule has 0 amide bonds. The Morgan fingerprint density at radius 1 is 1.09 bits per heavy atom. The molecular weight excluding hydrogens is 453 g/mol. The maximum Gasteiger partial charge on any atom is 0.417 e. The molecule has 0 spiro atoms. The number of alkyl halides is 3. The minimum atomic E-state index is -4.50. The highest BCUT2D eigenvalue weighted by Gasteiger charge is 2.33. The van der Waals surface area contributed by atoms with Crippen LogP contribution in [0.15, 0.2) is 24.4 Å². The van der Waals surface area contributed by atoms with Gasteiger partial charge in [0.25, 0.3) is 0 Å². The molecule has 2 N–H and O–H groups in total. The second kappa shape index (κ2) is 9.10. The smallest absolute Gasteiger partial charge is 0.325 e. The Hall–Kier alpha value is -2.39. The number of aromatic nitrogens is 4. The highest BCUT2D eigenvalue weighted by Crippen LogP contribution is 2.37. The summed E-state index contributed by atoms with van der Waals surface area (Å²) in [6.45, 7) is 1.77. The predicted octanol–water partition coefficient (Wildman–Crippen LogP) is 5.90. The largest absolute Gasteiger partial charge is 0.417 e. The van der Waals surface area contributed by atoms with E-state index in [1.165, 1.54) is 37.8 Å². The standard InChI is InChI=1S/C23H26ClF3N6/c24-18-12-15(5-6-17(18)23(25,26)27)30-22-31-19-13-29-20(11-14-3-1-2-4-14)32-21(19)33(22)16-7-9-28-10-8-16/h5-6,12-14,16,28H,1-4,7-11H2,(H,30,31). The average Bonchev–Trinajstić information content (AvgIpc) is 3.41. The molecule has 1 aliphatic heterocycles. The van der Waals surface area contributed by atoms with Crippen LogP contribution in [0.4, 0.5) is 24.8 Å². The zero-order valence-corrected chi connectivity index (χ0v) is 18.9. The van der Waals surface area contributed by atoms with Crippen LogP contribution < -0.4 is 10.6 Å². The quantitative estimate of drug-likeness (QED) is 0.478. The summed E-state index contributed by atoms with van der Waals surface area (Å²) in [6.07, 6.45) is 4.93. The Balaban J connectivity index is 1.51. The Morgan fingerprint density at radius 3 is 2.55 bits per heavy atom. The molecule has 1 aromatic carbocycles. The number of rotatable bonds is 5. The van der Waals surface area contributed by atoms with Gasteiger partial charge in [0.1, 0.15) is 11.3 Å². The first-order chi connectivity index (χ1) is 15.9. The van der Waals surface area contributed by atoms with E-state index in [1.54, 1.807) is 6.20 Å². The van der Waals surface area contributed by atoms with Gasteiger partial charge in [0.05, 0.1) is 16.8 Å². The number of nitrogens with zero attached hydrogens (tertiary/aromatic N) is 4. The van der Waals surface area contributed by atoms with Crippen molar-refractivity contribution >= 4 is 34.4 Å². The summed E-state index contributed by atoms with van der Waals surface area (Å²) < 4.78 is 41.4. The lowest BCUT2D eigenvalue weighted by Gasteiger charge is -2.26. The molecule has 3 aromatic rings. The second-order valence-corrected chi connectivity index (χ2v) is 9.36. The first-order valence-corrected chi connectivity index (χ1v) is 11.8. The minimum Gasteiger partial charge on any atom is -0.325 e. The third-order valence-corrected chi connectivity index (χ3v) is 6.95. The molecule has 33 heavy (non-hydrogen) atoms. The normalized spacial score (nSPS) is 18.3. The summed E-state index contributed by atoms with van der Waals surface area (Å²) in [6, 6.07) is 3.82. The van der Waals surface area contributed by atoms with Crippen molar-refractivity contribution in [2.24, 2.45) is 5.92 Å². The molecule has 2 aromatic heterocycles. The second-order valence-electron chi connectivity index (χ2n) is 8.95. The van der Waals surface area contributed by atoms with Crippen LogP contribution in [0.3, 0.4) is 0 Å². The first-order valence-electron chi connectivity index (χ1n) is 11.5. The summed E-state index contributed by atoms with van der Waals surface area (Å²) in [5, 5.41) is 6.20. The number of nitrogens with one attached hydrogen (secondary N) is 2. The molecule has 6 nitrogen and oxygen atoms in total. The maximum absolute atomic E-state index is 13.1. The van der Waals surface area contributed by atoms with Crippen molar-refractivity contribution in [1.82, 2.24) is 24.8 Å². The number of benzene rings is 1. The van der Waals surface area contributed by atoms with E-state index in [0.717, 1.165) is 49.9 Å². The van der Waals surface area contributed by atoms with Gasteiger partial charge in [-0.1, -0.05) is 37.3 Å². The van der Waals surface area contributed by atoms with Gasteiger partial charge in [0.15, 0.2) is 5.65 Å². The van der Waals surface area contributed by atoms with Crippen LogP contribution >= 0.6 is 11.6 Å². The molecule has 3 heterocycles. The summed E-state index contributed by atoms with van der Waals surface area (Å²) in [4.78, 5) is 14.1. The Morgan fingerprint density at radius 2 is 1.85 bits per heavy atom. The summed E-state index contributed by atoms with van der Waals surface area (Å²) in [5.74, 6) is 2.00. The summed E-state index contributed by atoms with van der Waals surface area (Å²) in [7, 11) is 0. The van der Waals surface area contributed by atoms with E-state index in [2.05, 4.69) is 20.2 Å². The topological polar surface area (TPSA) is 67.7 Å². The lowest BCUT2D eigenvalue weighted by Crippen LogP contribution is -2.30. The predicted molar refractivity (Wildman–Crippen MR) is 122 cm³/mol. The Kier molecular flexibility index (Phi) is 6.18. The lowest BCUT2D eigenvalue weighted by molar-refractivity contribution is -0.137. The maximum atomic E-state index is 13.1. The molecule has 10 heteroatoms. The summed E-state index contributed by atoms with van der Waals surface area (Å²) in [5.41, 5.74) is 1.02. The van der Waals surface area contributed by atoms with Crippen molar-refractivity contribution < 1.29 is 13.2 Å². The summed E-state index contributed by atoms with van der Waals surface area (Å²) >= 11 is 5.93. The molecular formula is C23H26ClF3N6. The number of hydrogen-bond donors (Lipinski definition) is 2. The molecule has 1 saturated heterocycles. The SMILES string of the molecule is FC(F)(F)c1ccc(Nc2nc3cnc(CC4CCCC4)nc3n2C2CCNCC2)cc1Cl. The van der Waals surface area contributed by atoms with E-state index in [0.29, 0.717) is 23.1 Å². The van der Waals surface area contributed by atoms with E-state index in [-0.39, 0.29) is 11.1 Å². The van der Waals surface area contributed by atoms with E-state index in [4.69, 9.17) is 21.6 Å². The van der Waals surface area contributed by atoms with Gasteiger partial charge < -0.3 is 10.6 Å². The van der Waals surface area contributed by atoms with Crippen molar-refractivity contribution in [1.29, 1.82) is 0 Å². The van der Waals surface area contributed by atoms with Crippen LogP contribution in [-0.4, -0.2) is 32.6 Å².